The number of fused-ring (bicyclic) bond motifs is 3. The number of carbonyl (C=O) groups is 1. The molecule has 6 rings (SSSR count). The summed E-state index contributed by atoms with van der Waals surface area (Å²) in [6.45, 7) is 4.29. The first-order valence-electron chi connectivity index (χ1n) is 11.6. The van der Waals surface area contributed by atoms with Crippen LogP contribution in [0.15, 0.2) is 47.8 Å². The first-order valence-corrected chi connectivity index (χ1v) is 12.5. The quantitative estimate of drug-likeness (QED) is 0.482. The van der Waals surface area contributed by atoms with E-state index in [-0.39, 0.29) is 6.04 Å². The van der Waals surface area contributed by atoms with Gasteiger partial charge in [-0.25, -0.2) is 14.8 Å². The van der Waals surface area contributed by atoms with Crippen LogP contribution >= 0.6 is 11.3 Å². The molecule has 3 saturated heterocycles. The maximum Gasteiger partial charge on any atom is 0.416 e. The SMILES string of the molecule is Cc1nc(-c2cccs2)cc([C@H]2CN3CC[C@H]2CC3CNC(=O)Nc2ccc(C(F)(F)F)cc2)n1. The van der Waals surface area contributed by atoms with Crippen LogP contribution in [0.3, 0.4) is 0 Å². The van der Waals surface area contributed by atoms with Crippen LogP contribution in [0.1, 0.15) is 35.8 Å². The van der Waals surface area contributed by atoms with Crippen molar-refractivity contribution >= 4 is 23.1 Å². The van der Waals surface area contributed by atoms with Crippen LogP contribution in [0.25, 0.3) is 10.6 Å². The van der Waals surface area contributed by atoms with Crippen molar-refractivity contribution in [3.8, 4) is 10.6 Å². The normalized spacial score (nSPS) is 23.8. The number of piperidine rings is 3. The van der Waals surface area contributed by atoms with Gasteiger partial charge in [-0.2, -0.15) is 13.2 Å². The molecule has 6 nitrogen and oxygen atoms in total. The van der Waals surface area contributed by atoms with Crippen LogP contribution in [0, 0.1) is 12.8 Å². The zero-order valence-corrected chi connectivity index (χ0v) is 20.0. The maximum atomic E-state index is 12.7. The van der Waals surface area contributed by atoms with Crippen LogP contribution in [0.4, 0.5) is 23.7 Å². The first-order chi connectivity index (χ1) is 16.8. The van der Waals surface area contributed by atoms with Gasteiger partial charge in [0.25, 0.3) is 0 Å². The zero-order chi connectivity index (χ0) is 24.6. The number of nitrogens with zero attached hydrogens (tertiary/aromatic N) is 3. The summed E-state index contributed by atoms with van der Waals surface area (Å²) in [5.41, 5.74) is 1.63. The summed E-state index contributed by atoms with van der Waals surface area (Å²) in [6, 6.07) is 10.5. The lowest BCUT2D eigenvalue weighted by Crippen LogP contribution is -2.56. The van der Waals surface area contributed by atoms with Crippen molar-refractivity contribution in [3.63, 3.8) is 0 Å². The molecule has 3 aliphatic rings. The summed E-state index contributed by atoms with van der Waals surface area (Å²) in [6.07, 6.45) is -2.34. The third-order valence-electron chi connectivity index (χ3n) is 6.86. The Labute approximate surface area is 205 Å². The van der Waals surface area contributed by atoms with Crippen LogP contribution in [-0.4, -0.2) is 46.6 Å². The highest BCUT2D eigenvalue weighted by atomic mass is 32.1. The second-order valence-corrected chi connectivity index (χ2v) is 10.1. The molecule has 4 atom stereocenters. The van der Waals surface area contributed by atoms with E-state index in [1.165, 1.54) is 12.1 Å². The number of benzene rings is 1. The summed E-state index contributed by atoms with van der Waals surface area (Å²) in [7, 11) is 0. The lowest BCUT2D eigenvalue weighted by molar-refractivity contribution is -0.137. The van der Waals surface area contributed by atoms with Crippen molar-refractivity contribution in [1.29, 1.82) is 0 Å². The number of urea groups is 1. The van der Waals surface area contributed by atoms with E-state index in [2.05, 4.69) is 32.7 Å². The average molecular weight is 502 g/mol. The van der Waals surface area contributed by atoms with E-state index in [0.717, 1.165) is 60.2 Å². The zero-order valence-electron chi connectivity index (χ0n) is 19.2. The van der Waals surface area contributed by atoms with Gasteiger partial charge in [0.15, 0.2) is 0 Å². The highest BCUT2D eigenvalue weighted by Gasteiger charge is 2.41. The van der Waals surface area contributed by atoms with Gasteiger partial charge in [0.2, 0.25) is 0 Å². The number of hydrogen-bond acceptors (Lipinski definition) is 5. The van der Waals surface area contributed by atoms with E-state index in [9.17, 15) is 18.0 Å². The number of carbonyl (C=O) groups excluding carboxylic acids is 1. The molecule has 0 radical (unpaired) electrons. The van der Waals surface area contributed by atoms with E-state index in [0.29, 0.717) is 24.1 Å². The Morgan fingerprint density at radius 2 is 2.00 bits per heavy atom. The minimum Gasteiger partial charge on any atom is -0.336 e. The molecule has 3 aliphatic heterocycles. The largest absolute Gasteiger partial charge is 0.416 e. The van der Waals surface area contributed by atoms with Crippen molar-refractivity contribution in [2.75, 3.05) is 25.0 Å². The van der Waals surface area contributed by atoms with Gasteiger partial charge in [-0.15, -0.1) is 11.3 Å². The molecule has 184 valence electrons. The molecule has 3 aromatic rings. The van der Waals surface area contributed by atoms with Gasteiger partial charge >= 0.3 is 12.2 Å². The van der Waals surface area contributed by atoms with Crippen molar-refractivity contribution in [2.45, 2.75) is 37.9 Å². The Bertz CT molecular complexity index is 1180. The molecule has 10 heteroatoms. The highest BCUT2D eigenvalue weighted by molar-refractivity contribution is 7.13. The number of alkyl halides is 3. The topological polar surface area (TPSA) is 70.2 Å². The summed E-state index contributed by atoms with van der Waals surface area (Å²) in [5.74, 6) is 1.59. The van der Waals surface area contributed by atoms with E-state index < -0.39 is 17.8 Å². The highest BCUT2D eigenvalue weighted by Crippen LogP contribution is 2.42. The molecular weight excluding hydrogens is 475 g/mol. The molecule has 35 heavy (non-hydrogen) atoms. The molecule has 5 heterocycles. The lowest BCUT2D eigenvalue weighted by Gasteiger charge is -2.49. The monoisotopic (exact) mass is 501 g/mol. The molecule has 1 aromatic carbocycles. The van der Waals surface area contributed by atoms with Gasteiger partial charge in [0, 0.05) is 36.4 Å². The first kappa shape index (κ1) is 23.7. The number of amides is 2. The Morgan fingerprint density at radius 3 is 2.66 bits per heavy atom. The van der Waals surface area contributed by atoms with Crippen molar-refractivity contribution in [3.05, 3.63) is 64.9 Å². The molecular formula is C25H26F3N5OS. The second kappa shape index (κ2) is 9.58. The van der Waals surface area contributed by atoms with Gasteiger partial charge in [-0.3, -0.25) is 4.90 Å². The van der Waals surface area contributed by atoms with Crippen molar-refractivity contribution < 1.29 is 18.0 Å². The number of thiophene rings is 1. The molecule has 0 spiro atoms. The Kier molecular flexibility index (Phi) is 6.50. The minimum atomic E-state index is -4.40. The molecule has 2 N–H and O–H groups in total. The van der Waals surface area contributed by atoms with Crippen LogP contribution in [-0.2, 0) is 6.18 Å². The lowest BCUT2D eigenvalue weighted by atomic mass is 9.74. The van der Waals surface area contributed by atoms with E-state index in [1.807, 2.05) is 18.4 Å². The van der Waals surface area contributed by atoms with Crippen LogP contribution in [0.2, 0.25) is 0 Å². The predicted molar refractivity (Wildman–Crippen MR) is 129 cm³/mol. The number of halogens is 3. The van der Waals surface area contributed by atoms with E-state index >= 15 is 0 Å². The number of anilines is 1. The summed E-state index contributed by atoms with van der Waals surface area (Å²) >= 11 is 1.67. The van der Waals surface area contributed by atoms with E-state index in [4.69, 9.17) is 4.98 Å². The fourth-order valence-electron chi connectivity index (χ4n) is 5.15. The average Bonchev–Trinajstić information content (AvgIpc) is 3.38. The Morgan fingerprint density at radius 1 is 1.20 bits per heavy atom. The number of hydrogen-bond donors (Lipinski definition) is 2. The molecule has 2 unspecified atom stereocenters. The minimum absolute atomic E-state index is 0.225. The maximum absolute atomic E-state index is 12.7. The molecule has 2 amide bonds. The molecule has 2 bridgehead atoms. The number of aryl methyl sites for hydroxylation is 1. The van der Waals surface area contributed by atoms with Gasteiger partial charge in [-0.1, -0.05) is 6.07 Å². The summed E-state index contributed by atoms with van der Waals surface area (Å²) in [5, 5.41) is 7.54. The van der Waals surface area contributed by atoms with Gasteiger partial charge in [-0.05, 0) is 74.0 Å². The summed E-state index contributed by atoms with van der Waals surface area (Å²) in [4.78, 5) is 25.3. The van der Waals surface area contributed by atoms with Crippen LogP contribution < -0.4 is 10.6 Å². The molecule has 0 saturated carbocycles. The third-order valence-corrected chi connectivity index (χ3v) is 7.75. The molecule has 2 aromatic heterocycles. The van der Waals surface area contributed by atoms with Crippen molar-refractivity contribution in [1.82, 2.24) is 20.2 Å². The predicted octanol–water partition coefficient (Wildman–Crippen LogP) is 5.53. The number of nitrogens with one attached hydrogen (secondary N) is 2. The molecule has 0 aliphatic carbocycles. The summed E-state index contributed by atoms with van der Waals surface area (Å²) < 4.78 is 38.1. The second-order valence-electron chi connectivity index (χ2n) is 9.15. The van der Waals surface area contributed by atoms with Crippen molar-refractivity contribution in [2.24, 2.45) is 5.92 Å². The number of aromatic nitrogens is 2. The standard InChI is InChI=1S/C25H26F3N5OS/c1-15-30-21(12-22(31-15)23-3-2-10-35-23)20-14-33-9-8-16(20)11-19(33)13-29-24(34)32-18-6-4-17(5-7-18)25(26,27)28/h2-7,10,12,16,19-20H,8-9,11,13-14H2,1H3,(H2,29,32,34)/t16-,19?,20-/m0/s1. The van der Waals surface area contributed by atoms with E-state index in [1.54, 1.807) is 11.3 Å². The fraction of sp³-hybridized carbons (Fsp3) is 0.400. The third kappa shape index (κ3) is 5.33. The molecule has 3 fully saturated rings. The Balaban J connectivity index is 1.18. The van der Waals surface area contributed by atoms with Gasteiger partial charge in [0.1, 0.15) is 5.82 Å². The van der Waals surface area contributed by atoms with Gasteiger partial charge < -0.3 is 10.6 Å². The fourth-order valence-corrected chi connectivity index (χ4v) is 5.83. The van der Waals surface area contributed by atoms with Gasteiger partial charge in [0.05, 0.1) is 16.1 Å². The van der Waals surface area contributed by atoms with Crippen LogP contribution in [0.5, 0.6) is 0 Å². The Hall–Kier alpha value is -2.98. The number of rotatable bonds is 5. The smallest absolute Gasteiger partial charge is 0.336 e.